The predicted octanol–water partition coefficient (Wildman–Crippen LogP) is 2.06. The van der Waals surface area contributed by atoms with Gasteiger partial charge >= 0.3 is 0 Å². The summed E-state index contributed by atoms with van der Waals surface area (Å²) < 4.78 is 0. The average molecular weight is 313 g/mol. The number of carbonyl (C=O) groups excluding carboxylic acids is 1. The Bertz CT molecular complexity index is 472. The van der Waals surface area contributed by atoms with Crippen molar-refractivity contribution in [3.63, 3.8) is 0 Å². The van der Waals surface area contributed by atoms with Crippen LogP contribution in [0.15, 0.2) is 23.0 Å². The van der Waals surface area contributed by atoms with Crippen LogP contribution in [-0.4, -0.2) is 22.3 Å². The second-order valence-electron chi connectivity index (χ2n) is 4.70. The minimum Gasteiger partial charge on any atom is -0.350 e. The van der Waals surface area contributed by atoms with Gasteiger partial charge in [-0.05, 0) is 24.8 Å². The van der Waals surface area contributed by atoms with Gasteiger partial charge in [-0.25, -0.2) is 0 Å². The van der Waals surface area contributed by atoms with Gasteiger partial charge in [-0.3, -0.25) is 9.59 Å². The second-order valence-corrected chi connectivity index (χ2v) is 5.88. The van der Waals surface area contributed by atoms with E-state index in [1.54, 1.807) is 12.1 Å². The van der Waals surface area contributed by atoms with Crippen molar-refractivity contribution in [3.05, 3.63) is 34.2 Å². The molecule has 2 rings (SSSR count). The van der Waals surface area contributed by atoms with E-state index in [-0.39, 0.29) is 11.5 Å². The van der Waals surface area contributed by atoms with E-state index < -0.39 is 0 Å². The molecule has 1 aliphatic rings. The van der Waals surface area contributed by atoms with Gasteiger partial charge in [0.05, 0.1) is 0 Å². The van der Waals surface area contributed by atoms with Gasteiger partial charge < -0.3 is 10.3 Å². The van der Waals surface area contributed by atoms with E-state index >= 15 is 0 Å². The maximum Gasteiger partial charge on any atom is 0.267 e. The van der Waals surface area contributed by atoms with E-state index in [0.29, 0.717) is 23.0 Å². The molecule has 1 aromatic heterocycles. The number of aromatic amines is 1. The highest BCUT2D eigenvalue weighted by Crippen LogP contribution is 2.29. The first kappa shape index (κ1) is 13.3. The molecular formula is C13H17BrN2O2. The van der Waals surface area contributed by atoms with E-state index in [0.717, 1.165) is 6.42 Å². The number of pyridine rings is 1. The molecule has 4 nitrogen and oxygen atoms in total. The smallest absolute Gasteiger partial charge is 0.267 e. The maximum atomic E-state index is 11.8. The Hall–Kier alpha value is -1.10. The van der Waals surface area contributed by atoms with Crippen molar-refractivity contribution in [2.45, 2.75) is 30.5 Å². The summed E-state index contributed by atoms with van der Waals surface area (Å²) >= 11 is 3.66. The zero-order valence-electron chi connectivity index (χ0n) is 10.1. The van der Waals surface area contributed by atoms with Gasteiger partial charge in [0.25, 0.3) is 5.91 Å². The van der Waals surface area contributed by atoms with Crippen LogP contribution in [0.1, 0.15) is 36.2 Å². The number of halogens is 1. The molecule has 0 aromatic carbocycles. The number of carbonyl (C=O) groups is 1. The molecule has 5 heteroatoms. The van der Waals surface area contributed by atoms with Gasteiger partial charge in [-0.15, -0.1) is 0 Å². The Morgan fingerprint density at radius 3 is 2.89 bits per heavy atom. The van der Waals surface area contributed by atoms with Gasteiger partial charge in [0.2, 0.25) is 5.56 Å². The quantitative estimate of drug-likeness (QED) is 0.839. The number of alkyl halides is 1. The molecule has 18 heavy (non-hydrogen) atoms. The average Bonchev–Trinajstić information content (AvgIpc) is 2.37. The summed E-state index contributed by atoms with van der Waals surface area (Å²) in [7, 11) is 0. The lowest BCUT2D eigenvalue weighted by molar-refractivity contribution is 0.0939. The Kier molecular flexibility index (Phi) is 4.58. The van der Waals surface area contributed by atoms with Crippen LogP contribution in [0.3, 0.4) is 0 Å². The molecule has 1 aromatic rings. The minimum absolute atomic E-state index is 0.210. The van der Waals surface area contributed by atoms with Crippen LogP contribution >= 0.6 is 15.9 Å². The summed E-state index contributed by atoms with van der Waals surface area (Å²) in [6.07, 6.45) is 4.79. The third-order valence-electron chi connectivity index (χ3n) is 3.35. The van der Waals surface area contributed by atoms with E-state index in [1.807, 2.05) is 0 Å². The molecule has 2 N–H and O–H groups in total. The van der Waals surface area contributed by atoms with E-state index in [9.17, 15) is 9.59 Å². The van der Waals surface area contributed by atoms with Crippen molar-refractivity contribution in [2.75, 3.05) is 6.54 Å². The molecule has 1 heterocycles. The second kappa shape index (κ2) is 6.18. The monoisotopic (exact) mass is 312 g/mol. The summed E-state index contributed by atoms with van der Waals surface area (Å²) in [6, 6.07) is 4.59. The third kappa shape index (κ3) is 3.45. The third-order valence-corrected chi connectivity index (χ3v) is 4.56. The molecule has 0 saturated heterocycles. The Morgan fingerprint density at radius 2 is 2.17 bits per heavy atom. The predicted molar refractivity (Wildman–Crippen MR) is 74.1 cm³/mol. The molecule has 1 amide bonds. The molecular weight excluding hydrogens is 296 g/mol. The lowest BCUT2D eigenvalue weighted by atomic mass is 9.89. The summed E-state index contributed by atoms with van der Waals surface area (Å²) in [5.41, 5.74) is 0.0723. The molecule has 98 valence electrons. The number of rotatable bonds is 3. The first-order valence-electron chi connectivity index (χ1n) is 6.28. The lowest BCUT2D eigenvalue weighted by Gasteiger charge is -2.27. The number of nitrogens with one attached hydrogen (secondary N) is 2. The first-order valence-corrected chi connectivity index (χ1v) is 7.20. The number of aromatic nitrogens is 1. The lowest BCUT2D eigenvalue weighted by Crippen LogP contribution is -2.35. The standard InChI is InChI=1S/C13H17BrN2O2/c14-10-5-2-1-4-9(10)8-15-13(18)11-6-3-7-12(17)16-11/h3,6-7,9-10H,1-2,4-5,8H2,(H,15,18)(H,16,17). The fourth-order valence-corrected chi connectivity index (χ4v) is 3.07. The molecule has 1 saturated carbocycles. The largest absolute Gasteiger partial charge is 0.350 e. The van der Waals surface area contributed by atoms with Crippen LogP contribution in [0.5, 0.6) is 0 Å². The maximum absolute atomic E-state index is 11.8. The van der Waals surface area contributed by atoms with Crippen LogP contribution in [0.4, 0.5) is 0 Å². The van der Waals surface area contributed by atoms with Crippen LogP contribution < -0.4 is 10.9 Å². The SMILES string of the molecule is O=C(NCC1CCCCC1Br)c1cccc(=O)[nH]1. The number of amides is 1. The Labute approximate surface area is 114 Å². The van der Waals surface area contributed by atoms with Crippen molar-refractivity contribution >= 4 is 21.8 Å². The highest BCUT2D eigenvalue weighted by atomic mass is 79.9. The van der Waals surface area contributed by atoms with Gasteiger partial charge in [0.15, 0.2) is 0 Å². The fraction of sp³-hybridized carbons (Fsp3) is 0.538. The van der Waals surface area contributed by atoms with Crippen molar-refractivity contribution < 1.29 is 4.79 Å². The molecule has 0 spiro atoms. The van der Waals surface area contributed by atoms with Gasteiger partial charge in [-0.1, -0.05) is 34.8 Å². The van der Waals surface area contributed by atoms with Crippen LogP contribution in [0.25, 0.3) is 0 Å². The topological polar surface area (TPSA) is 62.0 Å². The van der Waals surface area contributed by atoms with Gasteiger partial charge in [0, 0.05) is 17.4 Å². The van der Waals surface area contributed by atoms with Gasteiger partial charge in [-0.2, -0.15) is 0 Å². The fourth-order valence-electron chi connectivity index (χ4n) is 2.29. The summed E-state index contributed by atoms with van der Waals surface area (Å²) in [4.78, 5) is 26.0. The first-order chi connectivity index (χ1) is 8.66. The highest BCUT2D eigenvalue weighted by Gasteiger charge is 2.23. The van der Waals surface area contributed by atoms with E-state index in [2.05, 4.69) is 26.2 Å². The number of hydrogen-bond acceptors (Lipinski definition) is 2. The molecule has 1 aliphatic carbocycles. The van der Waals surface area contributed by atoms with E-state index in [4.69, 9.17) is 0 Å². The van der Waals surface area contributed by atoms with Crippen molar-refractivity contribution in [1.82, 2.24) is 10.3 Å². The summed E-state index contributed by atoms with van der Waals surface area (Å²) in [5, 5.41) is 2.89. The Balaban J connectivity index is 1.90. The summed E-state index contributed by atoms with van der Waals surface area (Å²) in [5.74, 6) is 0.274. The van der Waals surface area contributed by atoms with Crippen LogP contribution in [-0.2, 0) is 0 Å². The van der Waals surface area contributed by atoms with Crippen LogP contribution in [0.2, 0.25) is 0 Å². The minimum atomic E-state index is -0.251. The molecule has 2 unspecified atom stereocenters. The van der Waals surface area contributed by atoms with Crippen molar-refractivity contribution in [3.8, 4) is 0 Å². The summed E-state index contributed by atoms with van der Waals surface area (Å²) in [6.45, 7) is 0.658. The van der Waals surface area contributed by atoms with Crippen molar-refractivity contribution in [1.29, 1.82) is 0 Å². The zero-order chi connectivity index (χ0) is 13.0. The normalized spacial score (nSPS) is 23.6. The van der Waals surface area contributed by atoms with Crippen molar-refractivity contribution in [2.24, 2.45) is 5.92 Å². The molecule has 2 atom stereocenters. The molecule has 0 radical (unpaired) electrons. The Morgan fingerprint density at radius 1 is 1.39 bits per heavy atom. The molecule has 0 aliphatic heterocycles. The molecule has 0 bridgehead atoms. The number of H-pyrrole nitrogens is 1. The highest BCUT2D eigenvalue weighted by molar-refractivity contribution is 9.09. The van der Waals surface area contributed by atoms with E-state index in [1.165, 1.54) is 25.3 Å². The zero-order valence-corrected chi connectivity index (χ0v) is 11.7. The molecule has 1 fully saturated rings. The van der Waals surface area contributed by atoms with Gasteiger partial charge in [0.1, 0.15) is 5.69 Å². The number of hydrogen-bond donors (Lipinski definition) is 2. The van der Waals surface area contributed by atoms with Crippen LogP contribution in [0, 0.1) is 5.92 Å².